The summed E-state index contributed by atoms with van der Waals surface area (Å²) in [7, 11) is 2.09. The Morgan fingerprint density at radius 3 is 2.84 bits per heavy atom. The summed E-state index contributed by atoms with van der Waals surface area (Å²) in [5.41, 5.74) is 1.48. The van der Waals surface area contributed by atoms with Crippen molar-refractivity contribution < 1.29 is 4.79 Å². The number of amides is 1. The fourth-order valence-corrected chi connectivity index (χ4v) is 2.22. The Bertz CT molecular complexity index is 432. The molecular weight excluding hydrogens is 240 g/mol. The van der Waals surface area contributed by atoms with E-state index in [1.807, 2.05) is 17.9 Å². The summed E-state index contributed by atoms with van der Waals surface area (Å²) in [6.45, 7) is 7.49. The number of rotatable bonds is 3. The molecular formula is C14H22N4O. The molecule has 1 aliphatic rings. The average molecular weight is 262 g/mol. The number of anilines is 1. The molecule has 0 aliphatic carbocycles. The molecule has 2 rings (SSSR count). The fraction of sp³-hybridized carbons (Fsp3) is 0.571. The Morgan fingerprint density at radius 1 is 1.47 bits per heavy atom. The van der Waals surface area contributed by atoms with Gasteiger partial charge in [-0.1, -0.05) is 0 Å². The van der Waals surface area contributed by atoms with Crippen LogP contribution in [-0.2, 0) is 0 Å². The van der Waals surface area contributed by atoms with Gasteiger partial charge in [0.1, 0.15) is 5.69 Å². The first-order valence-electron chi connectivity index (χ1n) is 6.81. The lowest BCUT2D eigenvalue weighted by Crippen LogP contribution is -2.52. The van der Waals surface area contributed by atoms with Crippen LogP contribution >= 0.6 is 0 Å². The number of hydrogen-bond donors (Lipinski definition) is 1. The molecule has 1 aliphatic heterocycles. The monoisotopic (exact) mass is 262 g/mol. The summed E-state index contributed by atoms with van der Waals surface area (Å²) >= 11 is 0. The van der Waals surface area contributed by atoms with E-state index in [0.29, 0.717) is 11.7 Å². The van der Waals surface area contributed by atoms with Crippen LogP contribution in [0.5, 0.6) is 0 Å². The average Bonchev–Trinajstić information content (AvgIpc) is 2.42. The van der Waals surface area contributed by atoms with Crippen LogP contribution in [0.1, 0.15) is 24.3 Å². The van der Waals surface area contributed by atoms with Crippen LogP contribution in [0.15, 0.2) is 18.3 Å². The van der Waals surface area contributed by atoms with Gasteiger partial charge in [0.05, 0.1) is 11.9 Å². The largest absolute Gasteiger partial charge is 0.384 e. The molecule has 0 aromatic carbocycles. The van der Waals surface area contributed by atoms with E-state index >= 15 is 0 Å². The molecule has 1 amide bonds. The Morgan fingerprint density at radius 2 is 2.26 bits per heavy atom. The first-order valence-corrected chi connectivity index (χ1v) is 6.81. The summed E-state index contributed by atoms with van der Waals surface area (Å²) < 4.78 is 0. The molecule has 1 aromatic rings. The first-order chi connectivity index (χ1) is 9.11. The number of carbonyl (C=O) groups is 1. The second-order valence-electron chi connectivity index (χ2n) is 5.04. The maximum Gasteiger partial charge on any atom is 0.272 e. The Labute approximate surface area is 114 Å². The van der Waals surface area contributed by atoms with E-state index in [4.69, 9.17) is 0 Å². The normalized spacial score (nSPS) is 20.4. The summed E-state index contributed by atoms with van der Waals surface area (Å²) in [6.07, 6.45) is 1.72. The van der Waals surface area contributed by atoms with Gasteiger partial charge in [-0.2, -0.15) is 0 Å². The SMILES string of the molecule is CCNc1ccc(C(=O)N2CCN(C)C(C)C2)nc1. The zero-order chi connectivity index (χ0) is 13.8. The van der Waals surface area contributed by atoms with Gasteiger partial charge in [0.25, 0.3) is 5.91 Å². The van der Waals surface area contributed by atoms with Crippen LogP contribution < -0.4 is 5.32 Å². The first kappa shape index (κ1) is 13.8. The van der Waals surface area contributed by atoms with Crippen molar-refractivity contribution in [1.82, 2.24) is 14.8 Å². The van der Waals surface area contributed by atoms with Crippen LogP contribution in [0.2, 0.25) is 0 Å². The number of aromatic nitrogens is 1. The smallest absolute Gasteiger partial charge is 0.272 e. The van der Waals surface area contributed by atoms with Gasteiger partial charge in [-0.3, -0.25) is 4.79 Å². The molecule has 0 spiro atoms. The van der Waals surface area contributed by atoms with Crippen molar-refractivity contribution in [2.45, 2.75) is 19.9 Å². The lowest BCUT2D eigenvalue weighted by molar-refractivity contribution is 0.0567. The lowest BCUT2D eigenvalue weighted by Gasteiger charge is -2.37. The van der Waals surface area contributed by atoms with Crippen molar-refractivity contribution in [3.05, 3.63) is 24.0 Å². The number of pyridine rings is 1. The predicted octanol–water partition coefficient (Wildman–Crippen LogP) is 1.29. The minimum Gasteiger partial charge on any atom is -0.384 e. The number of nitrogens with one attached hydrogen (secondary N) is 1. The highest BCUT2D eigenvalue weighted by atomic mass is 16.2. The summed E-state index contributed by atoms with van der Waals surface area (Å²) in [5, 5.41) is 3.17. The zero-order valence-electron chi connectivity index (χ0n) is 11.9. The van der Waals surface area contributed by atoms with Crippen molar-refractivity contribution in [2.24, 2.45) is 0 Å². The van der Waals surface area contributed by atoms with Crippen LogP contribution in [0.3, 0.4) is 0 Å². The van der Waals surface area contributed by atoms with Gasteiger partial charge in [-0.25, -0.2) is 4.98 Å². The van der Waals surface area contributed by atoms with E-state index in [0.717, 1.165) is 31.9 Å². The van der Waals surface area contributed by atoms with Crippen LogP contribution in [0.25, 0.3) is 0 Å². The van der Waals surface area contributed by atoms with Crippen LogP contribution in [-0.4, -0.2) is 60.0 Å². The minimum atomic E-state index is 0.0306. The molecule has 2 heterocycles. The van der Waals surface area contributed by atoms with Crippen molar-refractivity contribution >= 4 is 11.6 Å². The summed E-state index contributed by atoms with van der Waals surface area (Å²) in [4.78, 5) is 20.8. The molecule has 0 saturated carbocycles. The predicted molar refractivity (Wildman–Crippen MR) is 76.4 cm³/mol. The molecule has 1 N–H and O–H groups in total. The van der Waals surface area contributed by atoms with Crippen molar-refractivity contribution in [1.29, 1.82) is 0 Å². The number of nitrogens with zero attached hydrogens (tertiary/aromatic N) is 3. The molecule has 1 fully saturated rings. The second kappa shape index (κ2) is 6.02. The summed E-state index contributed by atoms with van der Waals surface area (Å²) in [6, 6.07) is 4.10. The number of hydrogen-bond acceptors (Lipinski definition) is 4. The maximum atomic E-state index is 12.3. The molecule has 5 heteroatoms. The van der Waals surface area contributed by atoms with Crippen LogP contribution in [0, 0.1) is 0 Å². The Hall–Kier alpha value is -1.62. The van der Waals surface area contributed by atoms with Crippen molar-refractivity contribution in [3.63, 3.8) is 0 Å². The third-order valence-corrected chi connectivity index (χ3v) is 3.61. The van der Waals surface area contributed by atoms with Gasteiger partial charge in [0, 0.05) is 32.2 Å². The third kappa shape index (κ3) is 3.23. The highest BCUT2D eigenvalue weighted by molar-refractivity contribution is 5.92. The molecule has 1 saturated heterocycles. The molecule has 1 unspecified atom stereocenters. The quantitative estimate of drug-likeness (QED) is 0.891. The Balaban J connectivity index is 2.03. The number of carbonyl (C=O) groups excluding carboxylic acids is 1. The topological polar surface area (TPSA) is 48.5 Å². The molecule has 0 bridgehead atoms. The van der Waals surface area contributed by atoms with E-state index in [-0.39, 0.29) is 5.91 Å². The minimum absolute atomic E-state index is 0.0306. The molecule has 19 heavy (non-hydrogen) atoms. The summed E-state index contributed by atoms with van der Waals surface area (Å²) in [5.74, 6) is 0.0306. The van der Waals surface area contributed by atoms with E-state index in [9.17, 15) is 4.79 Å². The second-order valence-corrected chi connectivity index (χ2v) is 5.04. The van der Waals surface area contributed by atoms with Gasteiger partial charge in [-0.15, -0.1) is 0 Å². The molecule has 1 aromatic heterocycles. The fourth-order valence-electron chi connectivity index (χ4n) is 2.22. The lowest BCUT2D eigenvalue weighted by atomic mass is 10.2. The van der Waals surface area contributed by atoms with Gasteiger partial charge >= 0.3 is 0 Å². The van der Waals surface area contributed by atoms with Gasteiger partial charge in [-0.05, 0) is 33.0 Å². The standard InChI is InChI=1S/C14H22N4O/c1-4-15-12-5-6-13(16-9-12)14(19)18-8-7-17(3)11(2)10-18/h5-6,9,11,15H,4,7-8,10H2,1-3H3. The Kier molecular flexibility index (Phi) is 4.37. The van der Waals surface area contributed by atoms with Crippen molar-refractivity contribution in [3.8, 4) is 0 Å². The number of piperazine rings is 1. The number of likely N-dealkylation sites (N-methyl/N-ethyl adjacent to an activating group) is 1. The van der Waals surface area contributed by atoms with E-state index in [1.165, 1.54) is 0 Å². The highest BCUT2D eigenvalue weighted by Gasteiger charge is 2.25. The molecule has 5 nitrogen and oxygen atoms in total. The van der Waals surface area contributed by atoms with E-state index in [1.54, 1.807) is 12.3 Å². The van der Waals surface area contributed by atoms with Gasteiger partial charge < -0.3 is 15.1 Å². The van der Waals surface area contributed by atoms with Crippen LogP contribution in [0.4, 0.5) is 5.69 Å². The zero-order valence-corrected chi connectivity index (χ0v) is 11.9. The van der Waals surface area contributed by atoms with E-state index in [2.05, 4.69) is 29.2 Å². The highest BCUT2D eigenvalue weighted by Crippen LogP contribution is 2.12. The molecule has 1 atom stereocenters. The molecule has 0 radical (unpaired) electrons. The van der Waals surface area contributed by atoms with Crippen molar-refractivity contribution in [2.75, 3.05) is 38.5 Å². The third-order valence-electron chi connectivity index (χ3n) is 3.61. The molecule has 104 valence electrons. The van der Waals surface area contributed by atoms with E-state index < -0.39 is 0 Å². The van der Waals surface area contributed by atoms with Gasteiger partial charge in [0.2, 0.25) is 0 Å². The maximum absolute atomic E-state index is 12.3. The van der Waals surface area contributed by atoms with Gasteiger partial charge in [0.15, 0.2) is 0 Å².